The van der Waals surface area contributed by atoms with Crippen molar-refractivity contribution in [2.75, 3.05) is 24.3 Å². The van der Waals surface area contributed by atoms with Crippen LogP contribution in [0.3, 0.4) is 0 Å². The summed E-state index contributed by atoms with van der Waals surface area (Å²) in [5.41, 5.74) is 2.38. The lowest BCUT2D eigenvalue weighted by Crippen LogP contribution is -2.50. The van der Waals surface area contributed by atoms with Crippen LogP contribution in [0.25, 0.3) is 11.3 Å². The molecule has 4 rings (SSSR count). The van der Waals surface area contributed by atoms with E-state index in [1.165, 1.54) is 40.0 Å². The fourth-order valence-corrected chi connectivity index (χ4v) is 4.85. The summed E-state index contributed by atoms with van der Waals surface area (Å²) >= 11 is 2.59. The molecule has 12 heteroatoms. The molecule has 29 heavy (non-hydrogen) atoms. The summed E-state index contributed by atoms with van der Waals surface area (Å²) < 4.78 is 12.8. The van der Waals surface area contributed by atoms with Gasteiger partial charge in [0.1, 0.15) is 11.2 Å². The number of hydrogen-bond donors (Lipinski definition) is 3. The van der Waals surface area contributed by atoms with Crippen LogP contribution in [0.2, 0.25) is 0 Å². The lowest BCUT2D eigenvalue weighted by atomic mass is 10.1. The lowest BCUT2D eigenvalue weighted by molar-refractivity contribution is -0.115. The molecular weight excluding hydrogens is 419 g/mol. The fraction of sp³-hybridized carbons (Fsp3) is 0.294. The third kappa shape index (κ3) is 3.72. The monoisotopic (exact) mass is 436 g/mol. The Bertz CT molecular complexity index is 1040. The summed E-state index contributed by atoms with van der Waals surface area (Å²) in [7, 11) is 3.33. The second kappa shape index (κ2) is 7.72. The van der Waals surface area contributed by atoms with Crippen LogP contribution in [0.5, 0.6) is 0 Å². The highest BCUT2D eigenvalue weighted by molar-refractivity contribution is 7.14. The van der Waals surface area contributed by atoms with Crippen LogP contribution in [-0.4, -0.2) is 56.4 Å². The Hall–Kier alpha value is -2.51. The largest absolute Gasteiger partial charge is 0.374 e. The van der Waals surface area contributed by atoms with Crippen LogP contribution in [0.4, 0.5) is 14.5 Å². The number of carbonyl (C=O) groups is 1. The minimum absolute atomic E-state index is 0.0508. The molecule has 3 N–H and O–H groups in total. The zero-order chi connectivity index (χ0) is 20.7. The number of thiazole rings is 1. The van der Waals surface area contributed by atoms with Crippen LogP contribution in [0.1, 0.15) is 17.4 Å². The molecule has 3 aromatic rings. The SMILES string of the molecule is CN1c2scc(CC(=O)Nc3nc(-c4cnc(F)nc4)cs3)c2C(O)N(C)C1O. The summed E-state index contributed by atoms with van der Waals surface area (Å²) in [4.78, 5) is 26.9. The van der Waals surface area contributed by atoms with Gasteiger partial charge in [-0.15, -0.1) is 22.7 Å². The topological polar surface area (TPSA) is 115 Å². The van der Waals surface area contributed by atoms with Crippen molar-refractivity contribution in [3.63, 3.8) is 0 Å². The van der Waals surface area contributed by atoms with Gasteiger partial charge in [-0.1, -0.05) is 0 Å². The molecule has 4 heterocycles. The molecule has 0 aromatic carbocycles. The van der Waals surface area contributed by atoms with E-state index in [0.29, 0.717) is 27.5 Å². The molecule has 2 atom stereocenters. The highest BCUT2D eigenvalue weighted by atomic mass is 32.1. The third-order valence-corrected chi connectivity index (χ3v) is 6.47. The van der Waals surface area contributed by atoms with Gasteiger partial charge in [-0.3, -0.25) is 4.79 Å². The first-order chi connectivity index (χ1) is 13.8. The van der Waals surface area contributed by atoms with Gasteiger partial charge in [-0.2, -0.15) is 4.39 Å². The fourth-order valence-electron chi connectivity index (χ4n) is 3.03. The first-order valence-corrected chi connectivity index (χ1v) is 10.3. The third-order valence-electron chi connectivity index (χ3n) is 4.58. The number of nitrogens with one attached hydrogen (secondary N) is 1. The van der Waals surface area contributed by atoms with E-state index in [2.05, 4.69) is 20.3 Å². The van der Waals surface area contributed by atoms with E-state index in [1.807, 2.05) is 0 Å². The molecule has 0 radical (unpaired) electrons. The van der Waals surface area contributed by atoms with E-state index in [1.54, 1.807) is 29.8 Å². The van der Waals surface area contributed by atoms with E-state index in [9.17, 15) is 19.4 Å². The van der Waals surface area contributed by atoms with Gasteiger partial charge in [0.25, 0.3) is 0 Å². The number of fused-ring (bicyclic) bond motifs is 1. The number of thiophene rings is 1. The number of halogens is 1. The highest BCUT2D eigenvalue weighted by Gasteiger charge is 2.36. The van der Waals surface area contributed by atoms with Crippen LogP contribution >= 0.6 is 22.7 Å². The summed E-state index contributed by atoms with van der Waals surface area (Å²) in [6.07, 6.45) is -0.0675. The molecule has 3 aromatic heterocycles. The number of nitrogens with zero attached hydrogens (tertiary/aromatic N) is 5. The number of hydrogen-bond acceptors (Lipinski definition) is 10. The van der Waals surface area contributed by atoms with Crippen molar-refractivity contribution in [3.8, 4) is 11.3 Å². The molecular formula is C17H17FN6O3S2. The molecule has 0 saturated heterocycles. The van der Waals surface area contributed by atoms with E-state index < -0.39 is 18.7 Å². The lowest BCUT2D eigenvalue weighted by Gasteiger charge is -2.40. The zero-order valence-electron chi connectivity index (χ0n) is 15.4. The first-order valence-electron chi connectivity index (χ1n) is 8.49. The quantitative estimate of drug-likeness (QED) is 0.529. The van der Waals surface area contributed by atoms with Crippen molar-refractivity contribution in [3.05, 3.63) is 40.4 Å². The standard InChI is InChI=1S/C17H17FN6O3S2/c1-23-13(26)12-8(6-28-14(12)24(2)17(23)27)3-11(25)22-16-21-10(7-29-16)9-4-19-15(18)20-5-9/h4-7,13,17,26-27H,3H2,1-2H3,(H,21,22,25). The van der Waals surface area contributed by atoms with Crippen LogP contribution in [-0.2, 0) is 11.2 Å². The van der Waals surface area contributed by atoms with Gasteiger partial charge in [0.15, 0.2) is 11.5 Å². The summed E-state index contributed by atoms with van der Waals surface area (Å²) in [6, 6.07) is 0. The van der Waals surface area contributed by atoms with Gasteiger partial charge in [0, 0.05) is 35.9 Å². The Morgan fingerprint density at radius 3 is 2.69 bits per heavy atom. The molecule has 0 aliphatic carbocycles. The van der Waals surface area contributed by atoms with Crippen LogP contribution in [0, 0.1) is 6.08 Å². The number of anilines is 2. The number of carbonyl (C=O) groups excluding carboxylic acids is 1. The van der Waals surface area contributed by atoms with Crippen LogP contribution in [0.15, 0.2) is 23.2 Å². The minimum atomic E-state index is -1.00. The smallest absolute Gasteiger partial charge is 0.308 e. The Labute approximate surface area is 173 Å². The maximum absolute atomic E-state index is 12.8. The van der Waals surface area contributed by atoms with Crippen molar-refractivity contribution in [1.82, 2.24) is 19.9 Å². The summed E-state index contributed by atoms with van der Waals surface area (Å²) in [6.45, 7) is 0. The average molecular weight is 436 g/mol. The zero-order valence-corrected chi connectivity index (χ0v) is 17.0. The van der Waals surface area contributed by atoms with E-state index in [0.717, 1.165) is 5.00 Å². The number of aliphatic hydroxyl groups is 2. The maximum atomic E-state index is 12.8. The van der Waals surface area contributed by atoms with Crippen molar-refractivity contribution in [1.29, 1.82) is 0 Å². The number of aliphatic hydroxyl groups excluding tert-OH is 2. The average Bonchev–Trinajstić information content (AvgIpc) is 3.32. The maximum Gasteiger partial charge on any atom is 0.308 e. The normalized spacial score (nSPS) is 19.3. The molecule has 9 nitrogen and oxygen atoms in total. The van der Waals surface area contributed by atoms with Crippen molar-refractivity contribution in [2.24, 2.45) is 0 Å². The van der Waals surface area contributed by atoms with E-state index in [-0.39, 0.29) is 12.3 Å². The Kier molecular flexibility index (Phi) is 5.27. The first kappa shape index (κ1) is 19.8. The van der Waals surface area contributed by atoms with E-state index >= 15 is 0 Å². The molecule has 1 amide bonds. The molecule has 0 bridgehead atoms. The minimum Gasteiger partial charge on any atom is -0.374 e. The van der Waals surface area contributed by atoms with Gasteiger partial charge < -0.3 is 20.4 Å². The number of rotatable bonds is 4. The Balaban J connectivity index is 1.48. The molecule has 2 unspecified atom stereocenters. The van der Waals surface area contributed by atoms with Gasteiger partial charge in [-0.25, -0.2) is 19.9 Å². The molecule has 0 fully saturated rings. The highest BCUT2D eigenvalue weighted by Crippen LogP contribution is 2.42. The van der Waals surface area contributed by atoms with Gasteiger partial charge in [0.05, 0.1) is 12.1 Å². The molecule has 152 valence electrons. The molecule has 0 spiro atoms. The molecule has 1 aliphatic rings. The van der Waals surface area contributed by atoms with Crippen molar-refractivity contribution < 1.29 is 19.4 Å². The predicted octanol–water partition coefficient (Wildman–Crippen LogP) is 1.63. The number of amides is 1. The van der Waals surface area contributed by atoms with Crippen LogP contribution < -0.4 is 10.2 Å². The number of aromatic nitrogens is 3. The second-order valence-electron chi connectivity index (χ2n) is 6.48. The Morgan fingerprint density at radius 1 is 1.24 bits per heavy atom. The van der Waals surface area contributed by atoms with Crippen molar-refractivity contribution >= 4 is 38.7 Å². The van der Waals surface area contributed by atoms with E-state index in [4.69, 9.17) is 0 Å². The van der Waals surface area contributed by atoms with Gasteiger partial charge in [0.2, 0.25) is 5.91 Å². The molecule has 0 saturated carbocycles. The van der Waals surface area contributed by atoms with Gasteiger partial charge >= 0.3 is 6.08 Å². The van der Waals surface area contributed by atoms with Crippen molar-refractivity contribution in [2.45, 2.75) is 19.0 Å². The second-order valence-corrected chi connectivity index (χ2v) is 8.20. The summed E-state index contributed by atoms with van der Waals surface area (Å²) in [5.74, 6) is -0.287. The van der Waals surface area contributed by atoms with Gasteiger partial charge in [-0.05, 0) is 18.0 Å². The predicted molar refractivity (Wildman–Crippen MR) is 107 cm³/mol. The summed E-state index contributed by atoms with van der Waals surface area (Å²) in [5, 5.41) is 28.0. The molecule has 1 aliphatic heterocycles. The Morgan fingerprint density at radius 2 is 1.97 bits per heavy atom.